The number of benzene rings is 2. The van der Waals surface area contributed by atoms with Gasteiger partial charge in [-0.3, -0.25) is 4.79 Å². The zero-order chi connectivity index (χ0) is 22.1. The number of halogens is 2. The molecule has 1 amide bonds. The molecule has 4 aromatic rings. The molecule has 0 bridgehead atoms. The number of aryl methyl sites for hydroxylation is 1. The molecule has 1 aliphatic heterocycles. The van der Waals surface area contributed by atoms with Crippen LogP contribution in [0.2, 0.25) is 5.02 Å². The highest BCUT2D eigenvalue weighted by molar-refractivity contribution is 6.31. The third-order valence-electron chi connectivity index (χ3n) is 5.27. The van der Waals surface area contributed by atoms with Crippen molar-refractivity contribution in [2.24, 2.45) is 0 Å². The number of ether oxygens (including phenoxy) is 1. The molecule has 164 valence electrons. The zero-order valence-electron chi connectivity index (χ0n) is 16.9. The second kappa shape index (κ2) is 8.64. The standard InChI is InChI=1S/C21H18ClFN6O3/c22-15-11-14(1-3-16(15)23)21-24-20(26-32-21)13-2-4-18-17(12-13)25-27-29(18)6-5-19(30)28-7-9-31-10-8-28/h1-4,11-12H,5-10H2. The lowest BCUT2D eigenvalue weighted by molar-refractivity contribution is -0.135. The first-order chi connectivity index (χ1) is 15.6. The monoisotopic (exact) mass is 456 g/mol. The summed E-state index contributed by atoms with van der Waals surface area (Å²) in [5, 5.41) is 12.4. The van der Waals surface area contributed by atoms with Crippen molar-refractivity contribution in [2.75, 3.05) is 26.3 Å². The molecule has 0 saturated carbocycles. The number of fused-ring (bicyclic) bond motifs is 1. The quantitative estimate of drug-likeness (QED) is 0.454. The van der Waals surface area contributed by atoms with Crippen molar-refractivity contribution in [3.63, 3.8) is 0 Å². The highest BCUT2D eigenvalue weighted by Crippen LogP contribution is 2.27. The molecular weight excluding hydrogens is 439 g/mol. The number of hydrogen-bond acceptors (Lipinski definition) is 7. The van der Waals surface area contributed by atoms with Gasteiger partial charge < -0.3 is 14.2 Å². The van der Waals surface area contributed by atoms with Crippen LogP contribution in [0.3, 0.4) is 0 Å². The van der Waals surface area contributed by atoms with Crippen LogP contribution in [0, 0.1) is 5.82 Å². The van der Waals surface area contributed by atoms with E-state index in [1.54, 1.807) is 10.7 Å². The molecule has 11 heteroatoms. The maximum Gasteiger partial charge on any atom is 0.258 e. The average Bonchev–Trinajstić information content (AvgIpc) is 3.47. The van der Waals surface area contributed by atoms with Gasteiger partial charge in [0.05, 0.1) is 30.3 Å². The Morgan fingerprint density at radius 1 is 1.12 bits per heavy atom. The summed E-state index contributed by atoms with van der Waals surface area (Å²) in [7, 11) is 0. The van der Waals surface area contributed by atoms with Gasteiger partial charge >= 0.3 is 0 Å². The van der Waals surface area contributed by atoms with E-state index in [2.05, 4.69) is 20.5 Å². The fourth-order valence-electron chi connectivity index (χ4n) is 3.54. The van der Waals surface area contributed by atoms with Crippen molar-refractivity contribution in [1.29, 1.82) is 0 Å². The molecule has 9 nitrogen and oxygen atoms in total. The van der Waals surface area contributed by atoms with Gasteiger partial charge in [0.15, 0.2) is 0 Å². The van der Waals surface area contributed by atoms with Crippen LogP contribution in [-0.2, 0) is 16.1 Å². The van der Waals surface area contributed by atoms with E-state index in [1.165, 1.54) is 18.2 Å². The van der Waals surface area contributed by atoms with Crippen molar-refractivity contribution in [2.45, 2.75) is 13.0 Å². The summed E-state index contributed by atoms with van der Waals surface area (Å²) in [5.41, 5.74) is 2.67. The van der Waals surface area contributed by atoms with E-state index in [9.17, 15) is 9.18 Å². The molecule has 1 aliphatic rings. The molecule has 0 unspecified atom stereocenters. The first-order valence-electron chi connectivity index (χ1n) is 10.1. The van der Waals surface area contributed by atoms with Crippen LogP contribution < -0.4 is 0 Å². The van der Waals surface area contributed by atoms with Gasteiger partial charge in [0, 0.05) is 30.6 Å². The Hall–Kier alpha value is -3.37. The predicted molar refractivity (Wildman–Crippen MR) is 113 cm³/mol. The van der Waals surface area contributed by atoms with Gasteiger partial charge in [0.25, 0.3) is 5.89 Å². The minimum Gasteiger partial charge on any atom is -0.378 e. The number of rotatable bonds is 5. The van der Waals surface area contributed by atoms with E-state index >= 15 is 0 Å². The Morgan fingerprint density at radius 2 is 1.94 bits per heavy atom. The number of nitrogens with zero attached hydrogens (tertiary/aromatic N) is 6. The molecule has 0 radical (unpaired) electrons. The highest BCUT2D eigenvalue weighted by atomic mass is 35.5. The van der Waals surface area contributed by atoms with E-state index < -0.39 is 5.82 Å². The Kier molecular flexibility index (Phi) is 5.54. The predicted octanol–water partition coefficient (Wildman–Crippen LogP) is 3.19. The van der Waals surface area contributed by atoms with E-state index in [1.807, 2.05) is 17.0 Å². The average molecular weight is 457 g/mol. The number of carbonyl (C=O) groups excluding carboxylic acids is 1. The summed E-state index contributed by atoms with van der Waals surface area (Å²) in [5.74, 6) is 0.149. The summed E-state index contributed by atoms with van der Waals surface area (Å²) >= 11 is 5.83. The summed E-state index contributed by atoms with van der Waals surface area (Å²) in [6.45, 7) is 2.83. The van der Waals surface area contributed by atoms with Crippen LogP contribution >= 0.6 is 11.6 Å². The molecule has 0 N–H and O–H groups in total. The van der Waals surface area contributed by atoms with Gasteiger partial charge in [0.2, 0.25) is 11.7 Å². The SMILES string of the molecule is O=C(CCn1nnc2cc(-c3noc(-c4ccc(F)c(Cl)c4)n3)ccc21)N1CCOCC1. The van der Waals surface area contributed by atoms with Crippen molar-refractivity contribution in [3.8, 4) is 22.8 Å². The molecule has 1 fully saturated rings. The molecular formula is C21H18ClFN6O3. The molecule has 0 atom stereocenters. The minimum atomic E-state index is -0.518. The van der Waals surface area contributed by atoms with Crippen molar-refractivity contribution in [3.05, 3.63) is 47.2 Å². The Labute approximate surface area is 186 Å². The topological polar surface area (TPSA) is 99.2 Å². The van der Waals surface area contributed by atoms with Crippen molar-refractivity contribution >= 4 is 28.5 Å². The molecule has 1 saturated heterocycles. The van der Waals surface area contributed by atoms with Crippen LogP contribution in [0.15, 0.2) is 40.9 Å². The van der Waals surface area contributed by atoms with Gasteiger partial charge in [-0.1, -0.05) is 22.0 Å². The normalized spacial score (nSPS) is 14.2. The minimum absolute atomic E-state index is 0.0209. The molecule has 0 aliphatic carbocycles. The maximum absolute atomic E-state index is 13.4. The Morgan fingerprint density at radius 3 is 2.75 bits per heavy atom. The van der Waals surface area contributed by atoms with E-state index in [4.69, 9.17) is 20.9 Å². The van der Waals surface area contributed by atoms with Crippen molar-refractivity contribution in [1.82, 2.24) is 30.0 Å². The van der Waals surface area contributed by atoms with Gasteiger partial charge in [-0.15, -0.1) is 5.10 Å². The maximum atomic E-state index is 13.4. The second-order valence-corrected chi connectivity index (χ2v) is 7.72. The fourth-order valence-corrected chi connectivity index (χ4v) is 3.72. The third kappa shape index (κ3) is 4.06. The van der Waals surface area contributed by atoms with Crippen LogP contribution in [0.4, 0.5) is 4.39 Å². The number of morpholine rings is 1. The highest BCUT2D eigenvalue weighted by Gasteiger charge is 2.18. The lowest BCUT2D eigenvalue weighted by atomic mass is 10.2. The summed E-state index contributed by atoms with van der Waals surface area (Å²) < 4.78 is 25.7. The van der Waals surface area contributed by atoms with Crippen molar-refractivity contribution < 1.29 is 18.4 Å². The van der Waals surface area contributed by atoms with E-state index in [0.29, 0.717) is 61.7 Å². The van der Waals surface area contributed by atoms with Crippen LogP contribution in [0.25, 0.3) is 33.9 Å². The second-order valence-electron chi connectivity index (χ2n) is 7.31. The lowest BCUT2D eigenvalue weighted by Crippen LogP contribution is -2.41. The first-order valence-corrected chi connectivity index (χ1v) is 10.4. The van der Waals surface area contributed by atoms with E-state index in [0.717, 1.165) is 5.52 Å². The Balaban J connectivity index is 1.32. The number of hydrogen-bond donors (Lipinski definition) is 0. The number of aromatic nitrogens is 5. The number of amides is 1. The summed E-state index contributed by atoms with van der Waals surface area (Å²) in [4.78, 5) is 18.6. The molecule has 0 spiro atoms. The molecule has 2 aromatic heterocycles. The van der Waals surface area contributed by atoms with Crippen LogP contribution in [-0.4, -0.2) is 62.2 Å². The van der Waals surface area contributed by atoms with Gasteiger partial charge in [-0.05, 0) is 36.4 Å². The fraction of sp³-hybridized carbons (Fsp3) is 0.286. The van der Waals surface area contributed by atoms with Crippen LogP contribution in [0.1, 0.15) is 6.42 Å². The lowest BCUT2D eigenvalue weighted by Gasteiger charge is -2.26. The van der Waals surface area contributed by atoms with Gasteiger partial charge in [0.1, 0.15) is 11.3 Å². The van der Waals surface area contributed by atoms with Crippen LogP contribution in [0.5, 0.6) is 0 Å². The van der Waals surface area contributed by atoms with E-state index in [-0.39, 0.29) is 16.8 Å². The first kappa shape index (κ1) is 20.5. The molecule has 3 heterocycles. The smallest absolute Gasteiger partial charge is 0.258 e. The zero-order valence-corrected chi connectivity index (χ0v) is 17.6. The van der Waals surface area contributed by atoms with Gasteiger partial charge in [-0.25, -0.2) is 9.07 Å². The number of carbonyl (C=O) groups is 1. The van der Waals surface area contributed by atoms with Gasteiger partial charge in [-0.2, -0.15) is 4.98 Å². The summed E-state index contributed by atoms with van der Waals surface area (Å²) in [6.07, 6.45) is 0.342. The Bertz CT molecular complexity index is 1280. The molecule has 2 aromatic carbocycles. The molecule has 32 heavy (non-hydrogen) atoms. The third-order valence-corrected chi connectivity index (χ3v) is 5.56. The summed E-state index contributed by atoms with van der Waals surface area (Å²) in [6, 6.07) is 9.68. The molecule has 5 rings (SSSR count). The largest absolute Gasteiger partial charge is 0.378 e.